The fraction of sp³-hybridized carbons (Fsp3) is 0.562. The van der Waals surface area contributed by atoms with Crippen LogP contribution >= 0.6 is 0 Å². The summed E-state index contributed by atoms with van der Waals surface area (Å²) in [4.78, 5) is 12.0. The summed E-state index contributed by atoms with van der Waals surface area (Å²) in [6.45, 7) is 4.92. The first-order chi connectivity index (χ1) is 10.9. The zero-order valence-electron chi connectivity index (χ0n) is 13.8. The Labute approximate surface area is 137 Å². The topological polar surface area (TPSA) is 75.7 Å². The zero-order valence-corrected chi connectivity index (χ0v) is 14.6. The lowest BCUT2D eigenvalue weighted by Crippen LogP contribution is -2.44. The maximum Gasteiger partial charge on any atom is 0.243 e. The van der Waals surface area contributed by atoms with Crippen molar-refractivity contribution in [2.45, 2.75) is 31.6 Å². The van der Waals surface area contributed by atoms with Crippen LogP contribution in [0.2, 0.25) is 0 Å². The minimum absolute atomic E-state index is 0.104. The van der Waals surface area contributed by atoms with Crippen LogP contribution in [0.1, 0.15) is 25.3 Å². The third-order valence-corrected chi connectivity index (χ3v) is 5.95. The molecule has 0 aliphatic carbocycles. The van der Waals surface area contributed by atoms with E-state index in [4.69, 9.17) is 4.74 Å². The van der Waals surface area contributed by atoms with E-state index >= 15 is 0 Å². The average molecular weight is 340 g/mol. The van der Waals surface area contributed by atoms with Crippen LogP contribution in [0.25, 0.3) is 0 Å². The summed E-state index contributed by atoms with van der Waals surface area (Å²) in [5.74, 6) is 0.299. The van der Waals surface area contributed by atoms with Gasteiger partial charge in [-0.3, -0.25) is 4.79 Å². The van der Waals surface area contributed by atoms with E-state index < -0.39 is 10.0 Å². The Morgan fingerprint density at radius 2 is 2.17 bits per heavy atom. The van der Waals surface area contributed by atoms with Gasteiger partial charge in [-0.05, 0) is 50.5 Å². The van der Waals surface area contributed by atoms with Gasteiger partial charge in [0.15, 0.2) is 0 Å². The molecule has 0 spiro atoms. The Balaban J connectivity index is 2.24. The minimum atomic E-state index is -3.59. The number of aryl methyl sites for hydroxylation is 1. The summed E-state index contributed by atoms with van der Waals surface area (Å²) in [5.41, 5.74) is 0.785. The van der Waals surface area contributed by atoms with Gasteiger partial charge in [0.1, 0.15) is 5.75 Å². The summed E-state index contributed by atoms with van der Waals surface area (Å²) >= 11 is 0. The van der Waals surface area contributed by atoms with Crippen molar-refractivity contribution in [1.29, 1.82) is 0 Å². The number of amides is 1. The largest absolute Gasteiger partial charge is 0.494 e. The standard InChI is InChI=1S/C16H24N2O4S/c1-4-22-15-8-7-14(10-12(15)2)23(20,21)18-9-5-6-13(11-18)16(19)17-3/h7-8,10,13H,4-6,9,11H2,1-3H3,(H,17,19)/t13-/m1/s1. The van der Waals surface area contributed by atoms with Crippen LogP contribution in [0.4, 0.5) is 0 Å². The van der Waals surface area contributed by atoms with Crippen LogP contribution in [0.15, 0.2) is 23.1 Å². The van der Waals surface area contributed by atoms with Gasteiger partial charge in [0.25, 0.3) is 0 Å². The van der Waals surface area contributed by atoms with Crippen molar-refractivity contribution in [3.63, 3.8) is 0 Å². The first-order valence-corrected chi connectivity index (χ1v) is 9.29. The Hall–Kier alpha value is -1.60. The van der Waals surface area contributed by atoms with Gasteiger partial charge in [0.2, 0.25) is 15.9 Å². The second kappa shape index (κ2) is 7.31. The second-order valence-electron chi connectivity index (χ2n) is 5.68. The number of sulfonamides is 1. The molecule has 1 aliphatic heterocycles. The molecule has 128 valence electrons. The molecule has 1 aromatic carbocycles. The van der Waals surface area contributed by atoms with E-state index in [9.17, 15) is 13.2 Å². The minimum Gasteiger partial charge on any atom is -0.494 e. The first-order valence-electron chi connectivity index (χ1n) is 7.85. The molecule has 1 fully saturated rings. The number of piperidine rings is 1. The highest BCUT2D eigenvalue weighted by molar-refractivity contribution is 7.89. The van der Waals surface area contributed by atoms with Gasteiger partial charge < -0.3 is 10.1 Å². The average Bonchev–Trinajstić information content (AvgIpc) is 2.56. The number of hydrogen-bond acceptors (Lipinski definition) is 4. The van der Waals surface area contributed by atoms with Gasteiger partial charge in [0, 0.05) is 20.1 Å². The molecular formula is C16H24N2O4S. The van der Waals surface area contributed by atoms with E-state index in [0.717, 1.165) is 5.56 Å². The van der Waals surface area contributed by atoms with Crippen molar-refractivity contribution in [3.05, 3.63) is 23.8 Å². The predicted molar refractivity (Wildman–Crippen MR) is 87.9 cm³/mol. The van der Waals surface area contributed by atoms with E-state index in [1.807, 2.05) is 13.8 Å². The third kappa shape index (κ3) is 3.84. The number of ether oxygens (including phenoxy) is 1. The molecule has 0 bridgehead atoms. The van der Waals surface area contributed by atoms with E-state index in [1.165, 1.54) is 4.31 Å². The molecule has 1 atom stereocenters. The Kier molecular flexibility index (Phi) is 5.64. The van der Waals surface area contributed by atoms with Crippen LogP contribution in [0.3, 0.4) is 0 Å². The molecule has 1 amide bonds. The monoisotopic (exact) mass is 340 g/mol. The molecule has 2 rings (SSSR count). The Morgan fingerprint density at radius 3 is 2.78 bits per heavy atom. The summed E-state index contributed by atoms with van der Waals surface area (Å²) in [6.07, 6.45) is 1.40. The summed E-state index contributed by atoms with van der Waals surface area (Å²) in [7, 11) is -2.02. The van der Waals surface area contributed by atoms with Crippen molar-refractivity contribution >= 4 is 15.9 Å². The van der Waals surface area contributed by atoms with Crippen molar-refractivity contribution in [3.8, 4) is 5.75 Å². The molecule has 1 saturated heterocycles. The van der Waals surface area contributed by atoms with Gasteiger partial charge in [-0.1, -0.05) is 0 Å². The normalized spacial score (nSPS) is 19.3. The zero-order chi connectivity index (χ0) is 17.0. The predicted octanol–water partition coefficient (Wildman–Crippen LogP) is 1.54. The maximum atomic E-state index is 12.8. The SMILES string of the molecule is CCOc1ccc(S(=O)(=O)N2CCC[C@@H](C(=O)NC)C2)cc1C. The molecule has 0 saturated carbocycles. The molecule has 0 unspecified atom stereocenters. The summed E-state index contributed by atoms with van der Waals surface area (Å²) in [6, 6.07) is 4.88. The number of hydrogen-bond donors (Lipinski definition) is 1. The lowest BCUT2D eigenvalue weighted by Gasteiger charge is -2.31. The van der Waals surface area contributed by atoms with Gasteiger partial charge in [0.05, 0.1) is 17.4 Å². The van der Waals surface area contributed by atoms with Crippen LogP contribution in [0, 0.1) is 12.8 Å². The molecular weight excluding hydrogens is 316 g/mol. The highest BCUT2D eigenvalue weighted by Crippen LogP contribution is 2.27. The summed E-state index contributed by atoms with van der Waals surface area (Å²) < 4.78 is 32.5. The first kappa shape index (κ1) is 17.7. The molecule has 6 nitrogen and oxygen atoms in total. The number of nitrogens with zero attached hydrogens (tertiary/aromatic N) is 1. The quantitative estimate of drug-likeness (QED) is 0.882. The van der Waals surface area contributed by atoms with E-state index in [0.29, 0.717) is 31.7 Å². The molecule has 1 aliphatic rings. The van der Waals surface area contributed by atoms with Crippen LogP contribution in [0.5, 0.6) is 5.75 Å². The summed E-state index contributed by atoms with van der Waals surface area (Å²) in [5, 5.41) is 2.60. The van der Waals surface area contributed by atoms with E-state index in [2.05, 4.69) is 5.32 Å². The van der Waals surface area contributed by atoms with Crippen LogP contribution in [-0.4, -0.2) is 45.4 Å². The number of benzene rings is 1. The van der Waals surface area contributed by atoms with Gasteiger partial charge in [-0.2, -0.15) is 4.31 Å². The molecule has 23 heavy (non-hydrogen) atoms. The molecule has 7 heteroatoms. The Bertz CT molecular complexity index is 673. The fourth-order valence-electron chi connectivity index (χ4n) is 2.83. The number of carbonyl (C=O) groups is 1. The van der Waals surface area contributed by atoms with Crippen molar-refractivity contribution in [1.82, 2.24) is 9.62 Å². The highest BCUT2D eigenvalue weighted by Gasteiger charge is 2.33. The second-order valence-corrected chi connectivity index (χ2v) is 7.61. The number of rotatable bonds is 5. The lowest BCUT2D eigenvalue weighted by molar-refractivity contribution is -0.125. The van der Waals surface area contributed by atoms with E-state index in [1.54, 1.807) is 25.2 Å². The highest BCUT2D eigenvalue weighted by atomic mass is 32.2. The van der Waals surface area contributed by atoms with Crippen molar-refractivity contribution < 1.29 is 17.9 Å². The van der Waals surface area contributed by atoms with Gasteiger partial charge >= 0.3 is 0 Å². The van der Waals surface area contributed by atoms with Crippen molar-refractivity contribution in [2.24, 2.45) is 5.92 Å². The molecule has 1 aromatic rings. The number of nitrogens with one attached hydrogen (secondary N) is 1. The fourth-order valence-corrected chi connectivity index (χ4v) is 4.44. The number of carbonyl (C=O) groups excluding carboxylic acids is 1. The molecule has 1 N–H and O–H groups in total. The van der Waals surface area contributed by atoms with Crippen molar-refractivity contribution in [2.75, 3.05) is 26.7 Å². The molecule has 1 heterocycles. The van der Waals surface area contributed by atoms with Crippen LogP contribution in [-0.2, 0) is 14.8 Å². The van der Waals surface area contributed by atoms with Gasteiger partial charge in [-0.25, -0.2) is 8.42 Å². The lowest BCUT2D eigenvalue weighted by atomic mass is 9.99. The van der Waals surface area contributed by atoms with Crippen LogP contribution < -0.4 is 10.1 Å². The molecule has 0 radical (unpaired) electrons. The van der Waals surface area contributed by atoms with E-state index in [-0.39, 0.29) is 23.3 Å². The third-order valence-electron chi connectivity index (χ3n) is 4.09. The van der Waals surface area contributed by atoms with Gasteiger partial charge in [-0.15, -0.1) is 0 Å². The Morgan fingerprint density at radius 1 is 1.43 bits per heavy atom. The molecule has 0 aromatic heterocycles. The smallest absolute Gasteiger partial charge is 0.243 e. The maximum absolute atomic E-state index is 12.8.